The summed E-state index contributed by atoms with van der Waals surface area (Å²) in [5.74, 6) is -1.08. The fourth-order valence-electron chi connectivity index (χ4n) is 2.49. The summed E-state index contributed by atoms with van der Waals surface area (Å²) in [7, 11) is 1.30. The number of aliphatic hydroxyl groups is 1. The molecule has 0 radical (unpaired) electrons. The largest absolute Gasteiger partial charge is 0.491 e. The first-order valence-corrected chi connectivity index (χ1v) is 8.23. The lowest BCUT2D eigenvalue weighted by atomic mass is 10.1. The highest BCUT2D eigenvalue weighted by atomic mass is 19.1. The number of nitrogen functional groups attached to an aromatic ring is 1. The van der Waals surface area contributed by atoms with Crippen molar-refractivity contribution in [2.24, 2.45) is 5.73 Å². The second kappa shape index (κ2) is 9.65. The molecule has 5 N–H and O–H groups in total. The van der Waals surface area contributed by atoms with Gasteiger partial charge in [-0.3, -0.25) is 10.2 Å². The van der Waals surface area contributed by atoms with E-state index in [1.54, 1.807) is 24.3 Å². The molecule has 144 valence electrons. The number of amidine groups is 1. The fourth-order valence-corrected chi connectivity index (χ4v) is 2.49. The van der Waals surface area contributed by atoms with Crippen LogP contribution in [0, 0.1) is 11.2 Å². The molecule has 0 aliphatic heterocycles. The zero-order valence-electron chi connectivity index (χ0n) is 14.9. The van der Waals surface area contributed by atoms with E-state index in [4.69, 9.17) is 25.7 Å². The maximum atomic E-state index is 14.3. The van der Waals surface area contributed by atoms with Crippen LogP contribution in [0.25, 0.3) is 0 Å². The van der Waals surface area contributed by atoms with Gasteiger partial charge in [-0.25, -0.2) is 4.39 Å². The van der Waals surface area contributed by atoms with E-state index < -0.39 is 17.8 Å². The SMILES string of the molecule is COC(C(=O)NCc1ccc(C(=N)N)cc1)c1c(F)cccc1OCCO. The Morgan fingerprint density at radius 2 is 2.00 bits per heavy atom. The van der Waals surface area contributed by atoms with Crippen molar-refractivity contribution in [3.8, 4) is 5.75 Å². The van der Waals surface area contributed by atoms with E-state index in [1.165, 1.54) is 25.3 Å². The quantitative estimate of drug-likeness (QED) is 0.391. The lowest BCUT2D eigenvalue weighted by molar-refractivity contribution is -0.131. The summed E-state index contributed by atoms with van der Waals surface area (Å²) in [5.41, 5.74) is 6.74. The second-order valence-electron chi connectivity index (χ2n) is 5.67. The summed E-state index contributed by atoms with van der Waals surface area (Å²) in [6, 6.07) is 11.0. The van der Waals surface area contributed by atoms with Crippen molar-refractivity contribution >= 4 is 11.7 Å². The summed E-state index contributed by atoms with van der Waals surface area (Å²) >= 11 is 0. The van der Waals surface area contributed by atoms with Gasteiger partial charge in [0.15, 0.2) is 6.10 Å². The molecular weight excluding hydrogens is 353 g/mol. The van der Waals surface area contributed by atoms with E-state index in [2.05, 4.69) is 5.32 Å². The van der Waals surface area contributed by atoms with E-state index >= 15 is 0 Å². The van der Waals surface area contributed by atoms with E-state index in [9.17, 15) is 9.18 Å². The van der Waals surface area contributed by atoms with Gasteiger partial charge < -0.3 is 25.6 Å². The smallest absolute Gasteiger partial charge is 0.254 e. The fraction of sp³-hybridized carbons (Fsp3) is 0.263. The van der Waals surface area contributed by atoms with Gasteiger partial charge in [-0.1, -0.05) is 30.3 Å². The molecule has 0 spiro atoms. The van der Waals surface area contributed by atoms with Crippen molar-refractivity contribution in [1.29, 1.82) is 5.41 Å². The van der Waals surface area contributed by atoms with Crippen LogP contribution in [0.2, 0.25) is 0 Å². The van der Waals surface area contributed by atoms with Gasteiger partial charge in [0.05, 0.1) is 12.2 Å². The van der Waals surface area contributed by atoms with Crippen molar-refractivity contribution in [3.63, 3.8) is 0 Å². The van der Waals surface area contributed by atoms with E-state index in [-0.39, 0.29) is 36.9 Å². The molecular formula is C19H22FN3O4. The molecule has 0 aromatic heterocycles. The average molecular weight is 375 g/mol. The number of aliphatic hydroxyl groups excluding tert-OH is 1. The molecule has 1 unspecified atom stereocenters. The lowest BCUT2D eigenvalue weighted by Gasteiger charge is -2.19. The van der Waals surface area contributed by atoms with Crippen LogP contribution in [0.5, 0.6) is 5.75 Å². The summed E-state index contributed by atoms with van der Waals surface area (Å²) in [6.07, 6.45) is -1.21. The number of carbonyl (C=O) groups is 1. The van der Waals surface area contributed by atoms with E-state index in [0.717, 1.165) is 5.56 Å². The summed E-state index contributed by atoms with van der Waals surface area (Å²) in [6.45, 7) is -0.0782. The minimum Gasteiger partial charge on any atom is -0.491 e. The van der Waals surface area contributed by atoms with Crippen LogP contribution in [0.15, 0.2) is 42.5 Å². The van der Waals surface area contributed by atoms with Crippen LogP contribution in [-0.2, 0) is 16.1 Å². The predicted octanol–water partition coefficient (Wildman–Crippen LogP) is 1.48. The molecule has 0 saturated heterocycles. The summed E-state index contributed by atoms with van der Waals surface area (Å²) in [4.78, 5) is 12.5. The van der Waals surface area contributed by atoms with Crippen molar-refractivity contribution in [1.82, 2.24) is 5.32 Å². The molecule has 0 aliphatic rings. The second-order valence-corrected chi connectivity index (χ2v) is 5.67. The van der Waals surface area contributed by atoms with Crippen molar-refractivity contribution in [3.05, 3.63) is 65.0 Å². The maximum absolute atomic E-state index is 14.3. The number of hydrogen-bond donors (Lipinski definition) is 4. The molecule has 2 aromatic carbocycles. The number of nitrogens with one attached hydrogen (secondary N) is 2. The molecule has 0 saturated carbocycles. The first kappa shape index (κ1) is 20.3. The molecule has 27 heavy (non-hydrogen) atoms. The van der Waals surface area contributed by atoms with Gasteiger partial charge in [0.25, 0.3) is 5.91 Å². The third-order valence-corrected chi connectivity index (χ3v) is 3.83. The highest BCUT2D eigenvalue weighted by molar-refractivity contribution is 5.94. The van der Waals surface area contributed by atoms with E-state index in [0.29, 0.717) is 5.56 Å². The molecule has 2 aromatic rings. The Morgan fingerprint density at radius 1 is 1.30 bits per heavy atom. The van der Waals surface area contributed by atoms with Crippen LogP contribution >= 0.6 is 0 Å². The number of benzene rings is 2. The number of amides is 1. The minimum absolute atomic E-state index is 0.0297. The van der Waals surface area contributed by atoms with Gasteiger partial charge in [-0.15, -0.1) is 0 Å². The number of nitrogens with two attached hydrogens (primary N) is 1. The number of rotatable bonds is 9. The van der Waals surface area contributed by atoms with Crippen molar-refractivity contribution < 1.29 is 23.8 Å². The topological polar surface area (TPSA) is 118 Å². The standard InChI is InChI=1S/C19H22FN3O4/c1-26-17(16-14(20)3-2-4-15(16)27-10-9-24)19(25)23-11-12-5-7-13(8-6-12)18(21)22/h2-8,17,24H,9-11H2,1H3,(H3,21,22)(H,23,25). The van der Waals surface area contributed by atoms with E-state index in [1.807, 2.05) is 0 Å². The number of hydrogen-bond acceptors (Lipinski definition) is 5. The Bertz CT molecular complexity index is 796. The number of halogens is 1. The first-order valence-electron chi connectivity index (χ1n) is 8.23. The number of ether oxygens (including phenoxy) is 2. The van der Waals surface area contributed by atoms with Gasteiger partial charge in [0, 0.05) is 19.2 Å². The molecule has 0 fully saturated rings. The highest BCUT2D eigenvalue weighted by Crippen LogP contribution is 2.30. The van der Waals surface area contributed by atoms with Gasteiger partial charge in [-0.05, 0) is 17.7 Å². The molecule has 0 heterocycles. The van der Waals surface area contributed by atoms with Crippen molar-refractivity contribution in [2.75, 3.05) is 20.3 Å². The average Bonchev–Trinajstić information content (AvgIpc) is 2.67. The monoisotopic (exact) mass is 375 g/mol. The van der Waals surface area contributed by atoms with Crippen molar-refractivity contribution in [2.45, 2.75) is 12.6 Å². The Labute approximate surface area is 156 Å². The first-order chi connectivity index (χ1) is 13.0. The van der Waals surface area contributed by atoms with Crippen LogP contribution < -0.4 is 15.8 Å². The lowest BCUT2D eigenvalue weighted by Crippen LogP contribution is -2.31. The van der Waals surface area contributed by atoms with Gasteiger partial charge >= 0.3 is 0 Å². The third-order valence-electron chi connectivity index (χ3n) is 3.83. The predicted molar refractivity (Wildman–Crippen MR) is 98.0 cm³/mol. The molecule has 0 aliphatic carbocycles. The summed E-state index contributed by atoms with van der Waals surface area (Å²) in [5, 5.41) is 19.0. The Kier molecular flexibility index (Phi) is 7.27. The maximum Gasteiger partial charge on any atom is 0.254 e. The Hall–Kier alpha value is -2.97. The zero-order valence-corrected chi connectivity index (χ0v) is 14.9. The number of methoxy groups -OCH3 is 1. The van der Waals surface area contributed by atoms with Gasteiger partial charge in [0.2, 0.25) is 0 Å². The zero-order chi connectivity index (χ0) is 19.8. The summed E-state index contributed by atoms with van der Waals surface area (Å²) < 4.78 is 24.8. The van der Waals surface area contributed by atoms with Gasteiger partial charge in [-0.2, -0.15) is 0 Å². The number of carbonyl (C=O) groups excluding carboxylic acids is 1. The molecule has 1 atom stereocenters. The highest BCUT2D eigenvalue weighted by Gasteiger charge is 2.27. The van der Waals surface area contributed by atoms with Crippen LogP contribution in [0.4, 0.5) is 4.39 Å². The molecule has 7 nitrogen and oxygen atoms in total. The molecule has 8 heteroatoms. The molecule has 0 bridgehead atoms. The van der Waals surface area contributed by atoms with Crippen LogP contribution in [0.1, 0.15) is 22.8 Å². The van der Waals surface area contributed by atoms with Crippen LogP contribution in [-0.4, -0.2) is 37.2 Å². The molecule has 2 rings (SSSR count). The normalized spacial score (nSPS) is 11.7. The Balaban J connectivity index is 2.13. The van der Waals surface area contributed by atoms with Crippen LogP contribution in [0.3, 0.4) is 0 Å². The minimum atomic E-state index is -1.21. The third kappa shape index (κ3) is 5.25. The Morgan fingerprint density at radius 3 is 2.59 bits per heavy atom. The molecule has 1 amide bonds. The van der Waals surface area contributed by atoms with Gasteiger partial charge in [0.1, 0.15) is 24.0 Å².